The zero-order chi connectivity index (χ0) is 15.5. The minimum Gasteiger partial charge on any atom is -0.455 e. The average molecular weight is 304 g/mol. The van der Waals surface area contributed by atoms with Gasteiger partial charge in [-0.1, -0.05) is 19.1 Å². The zero-order valence-corrected chi connectivity index (χ0v) is 12.3. The summed E-state index contributed by atoms with van der Waals surface area (Å²) in [4.78, 5) is 12.0. The van der Waals surface area contributed by atoms with Crippen LogP contribution >= 0.6 is 0 Å². The van der Waals surface area contributed by atoms with E-state index < -0.39 is 0 Å². The maximum Gasteiger partial charge on any atom is 0.309 e. The predicted octanol–water partition coefficient (Wildman–Crippen LogP) is 3.01. The Morgan fingerprint density at radius 1 is 1.45 bits per heavy atom. The first kappa shape index (κ1) is 14.7. The van der Waals surface area contributed by atoms with Crippen molar-refractivity contribution in [2.45, 2.75) is 38.7 Å². The number of hydrogen-bond donors (Lipinski definition) is 0. The van der Waals surface area contributed by atoms with Crippen molar-refractivity contribution in [3.63, 3.8) is 0 Å². The number of nitrogens with zero attached hydrogens (tertiary/aromatic N) is 2. The molecular weight excluding hydrogens is 287 g/mol. The van der Waals surface area contributed by atoms with Gasteiger partial charge in [-0.25, -0.2) is 4.39 Å². The van der Waals surface area contributed by atoms with Gasteiger partial charge in [0, 0.05) is 5.92 Å². The summed E-state index contributed by atoms with van der Waals surface area (Å²) in [6.45, 7) is 1.72. The van der Waals surface area contributed by atoms with Gasteiger partial charge in [0.1, 0.15) is 5.82 Å². The van der Waals surface area contributed by atoms with Crippen LogP contribution in [-0.4, -0.2) is 16.2 Å². The van der Waals surface area contributed by atoms with Crippen LogP contribution in [0.15, 0.2) is 28.7 Å². The van der Waals surface area contributed by atoms with Crippen molar-refractivity contribution >= 4 is 5.97 Å². The summed E-state index contributed by atoms with van der Waals surface area (Å²) >= 11 is 0. The van der Waals surface area contributed by atoms with Gasteiger partial charge >= 0.3 is 5.97 Å². The van der Waals surface area contributed by atoms with Crippen LogP contribution in [0.4, 0.5) is 4.39 Å². The van der Waals surface area contributed by atoms with Gasteiger partial charge in [0.2, 0.25) is 5.89 Å². The van der Waals surface area contributed by atoms with Gasteiger partial charge in [0.05, 0.1) is 5.92 Å². The molecular formula is C16H17FN2O3. The van der Waals surface area contributed by atoms with Crippen molar-refractivity contribution in [3.8, 4) is 0 Å². The highest BCUT2D eigenvalue weighted by Gasteiger charge is 2.29. The molecule has 2 aromatic rings. The lowest BCUT2D eigenvalue weighted by Crippen LogP contribution is -2.17. The Labute approximate surface area is 127 Å². The Balaban J connectivity index is 1.49. The fourth-order valence-corrected chi connectivity index (χ4v) is 2.20. The van der Waals surface area contributed by atoms with E-state index in [0.29, 0.717) is 24.1 Å². The fraction of sp³-hybridized carbons (Fsp3) is 0.438. The highest BCUT2D eigenvalue weighted by Crippen LogP contribution is 2.39. The Morgan fingerprint density at radius 3 is 3.00 bits per heavy atom. The Kier molecular flexibility index (Phi) is 4.18. The van der Waals surface area contributed by atoms with E-state index >= 15 is 0 Å². The summed E-state index contributed by atoms with van der Waals surface area (Å²) in [7, 11) is 0. The van der Waals surface area contributed by atoms with Crippen LogP contribution in [0.2, 0.25) is 0 Å². The molecule has 0 bridgehead atoms. The SMILES string of the molecule is CC(Cc1cccc(F)c1)C(=O)OCc1nnc(C2CC2)o1. The predicted molar refractivity (Wildman–Crippen MR) is 75.3 cm³/mol. The fourth-order valence-electron chi connectivity index (χ4n) is 2.20. The summed E-state index contributed by atoms with van der Waals surface area (Å²) in [6, 6.07) is 6.20. The number of rotatable bonds is 6. The van der Waals surface area contributed by atoms with Gasteiger partial charge in [-0.05, 0) is 37.0 Å². The van der Waals surface area contributed by atoms with E-state index in [2.05, 4.69) is 10.2 Å². The summed E-state index contributed by atoms with van der Waals surface area (Å²) in [6.07, 6.45) is 2.58. The molecule has 1 atom stereocenters. The van der Waals surface area contributed by atoms with Crippen molar-refractivity contribution in [2.24, 2.45) is 5.92 Å². The van der Waals surface area contributed by atoms with Crippen LogP contribution in [0.1, 0.15) is 43.0 Å². The third-order valence-corrected chi connectivity index (χ3v) is 3.58. The normalized spacial score (nSPS) is 15.5. The topological polar surface area (TPSA) is 65.2 Å². The molecule has 1 aromatic carbocycles. The standard InChI is InChI=1S/C16H17FN2O3/c1-10(7-11-3-2-4-13(17)8-11)16(20)21-9-14-18-19-15(22-14)12-5-6-12/h2-4,8,10,12H,5-7,9H2,1H3. The molecule has 0 aliphatic heterocycles. The first-order chi connectivity index (χ1) is 10.6. The van der Waals surface area contributed by atoms with Gasteiger partial charge in [0.25, 0.3) is 5.89 Å². The molecule has 1 heterocycles. The first-order valence-electron chi connectivity index (χ1n) is 7.35. The average Bonchev–Trinajstić information content (AvgIpc) is 3.24. The van der Waals surface area contributed by atoms with Crippen molar-refractivity contribution in [1.29, 1.82) is 0 Å². The molecule has 116 valence electrons. The lowest BCUT2D eigenvalue weighted by atomic mass is 10.0. The second-order valence-electron chi connectivity index (χ2n) is 5.65. The smallest absolute Gasteiger partial charge is 0.309 e. The van der Waals surface area contributed by atoms with Gasteiger partial charge < -0.3 is 9.15 Å². The van der Waals surface area contributed by atoms with E-state index in [4.69, 9.17) is 9.15 Å². The largest absolute Gasteiger partial charge is 0.455 e. The molecule has 22 heavy (non-hydrogen) atoms. The molecule has 1 aromatic heterocycles. The van der Waals surface area contributed by atoms with Gasteiger partial charge in [-0.3, -0.25) is 4.79 Å². The van der Waals surface area contributed by atoms with Crippen molar-refractivity contribution in [3.05, 3.63) is 47.4 Å². The molecule has 6 heteroatoms. The molecule has 1 aliphatic rings. The van der Waals surface area contributed by atoms with Crippen LogP contribution in [0.3, 0.4) is 0 Å². The monoisotopic (exact) mass is 304 g/mol. The van der Waals surface area contributed by atoms with Gasteiger partial charge in [-0.15, -0.1) is 10.2 Å². The summed E-state index contributed by atoms with van der Waals surface area (Å²) in [5.74, 6) is 0.274. The molecule has 0 spiro atoms. The molecule has 0 amide bonds. The molecule has 5 nitrogen and oxygen atoms in total. The number of carbonyl (C=O) groups is 1. The van der Waals surface area contributed by atoms with E-state index in [1.54, 1.807) is 19.1 Å². The Morgan fingerprint density at radius 2 is 2.27 bits per heavy atom. The quantitative estimate of drug-likeness (QED) is 0.768. The summed E-state index contributed by atoms with van der Waals surface area (Å²) < 4.78 is 23.7. The van der Waals surface area contributed by atoms with Crippen molar-refractivity contribution < 1.29 is 18.3 Å². The molecule has 1 unspecified atom stereocenters. The van der Waals surface area contributed by atoms with Crippen LogP contribution < -0.4 is 0 Å². The Bertz CT molecular complexity index is 667. The third kappa shape index (κ3) is 3.69. The number of carbonyl (C=O) groups excluding carboxylic acids is 1. The van der Waals surface area contributed by atoms with Crippen LogP contribution in [0, 0.1) is 11.7 Å². The minimum atomic E-state index is -0.368. The van der Waals surface area contributed by atoms with Crippen molar-refractivity contribution in [1.82, 2.24) is 10.2 Å². The second kappa shape index (κ2) is 6.25. The number of esters is 1. The second-order valence-corrected chi connectivity index (χ2v) is 5.65. The van der Waals surface area contributed by atoms with E-state index in [-0.39, 0.29) is 24.3 Å². The zero-order valence-electron chi connectivity index (χ0n) is 12.3. The molecule has 1 aliphatic carbocycles. The molecule has 0 N–H and O–H groups in total. The number of aromatic nitrogens is 2. The number of halogens is 1. The maximum absolute atomic E-state index is 13.1. The molecule has 0 radical (unpaired) electrons. The van der Waals surface area contributed by atoms with Crippen LogP contribution in [0.5, 0.6) is 0 Å². The number of ether oxygens (including phenoxy) is 1. The van der Waals surface area contributed by atoms with E-state index in [1.165, 1.54) is 12.1 Å². The molecule has 3 rings (SSSR count). The third-order valence-electron chi connectivity index (χ3n) is 3.58. The molecule has 1 saturated carbocycles. The van der Waals surface area contributed by atoms with E-state index in [1.807, 2.05) is 0 Å². The summed E-state index contributed by atoms with van der Waals surface area (Å²) in [5, 5.41) is 7.79. The molecule has 1 fully saturated rings. The molecule has 0 saturated heterocycles. The lowest BCUT2D eigenvalue weighted by Gasteiger charge is -2.10. The number of benzene rings is 1. The van der Waals surface area contributed by atoms with Crippen molar-refractivity contribution in [2.75, 3.05) is 0 Å². The maximum atomic E-state index is 13.1. The Hall–Kier alpha value is -2.24. The lowest BCUT2D eigenvalue weighted by molar-refractivity contribution is -0.150. The van der Waals surface area contributed by atoms with E-state index in [0.717, 1.165) is 18.4 Å². The van der Waals surface area contributed by atoms with E-state index in [9.17, 15) is 9.18 Å². The van der Waals surface area contributed by atoms with Crippen LogP contribution in [-0.2, 0) is 22.6 Å². The highest BCUT2D eigenvalue weighted by atomic mass is 19.1. The van der Waals surface area contributed by atoms with Crippen LogP contribution in [0.25, 0.3) is 0 Å². The summed E-state index contributed by atoms with van der Waals surface area (Å²) in [5.41, 5.74) is 0.762. The number of hydrogen-bond acceptors (Lipinski definition) is 5. The first-order valence-corrected chi connectivity index (χ1v) is 7.35. The van der Waals surface area contributed by atoms with Gasteiger partial charge in [0.15, 0.2) is 6.61 Å². The minimum absolute atomic E-state index is 0.0218. The van der Waals surface area contributed by atoms with Gasteiger partial charge in [-0.2, -0.15) is 0 Å². The highest BCUT2D eigenvalue weighted by molar-refractivity contribution is 5.72.